The van der Waals surface area contributed by atoms with Crippen LogP contribution in [-0.4, -0.2) is 50.9 Å². The predicted octanol–water partition coefficient (Wildman–Crippen LogP) is 6.21. The van der Waals surface area contributed by atoms with Crippen molar-refractivity contribution in [2.45, 2.75) is 69.5 Å². The molecule has 1 saturated carbocycles. The number of sulfonamides is 1. The standard InChI is InChI=1S/C38H43N3O5S/c1-28-16-20-33(21-17-28)41(47(44,45)35-22-18-29(2)19-23-35)27-37(42)40(26-31-12-9-15-34(24-31)46-3)36(25-30-10-5-4-6-11-30)38(43)39-32-13-7-8-14-32/h4-6,9-12,15-24,32,36H,7-8,13-14,25-27H2,1-3H3,(H,39,43)/t36-/m0/s1. The van der Waals surface area contributed by atoms with E-state index in [-0.39, 0.29) is 29.8 Å². The second kappa shape index (κ2) is 15.3. The Balaban J connectivity index is 1.57. The van der Waals surface area contributed by atoms with E-state index in [1.165, 1.54) is 4.90 Å². The number of hydrogen-bond acceptors (Lipinski definition) is 5. The highest BCUT2D eigenvalue weighted by molar-refractivity contribution is 7.92. The van der Waals surface area contributed by atoms with Crippen molar-refractivity contribution in [2.75, 3.05) is 18.0 Å². The normalized spacial score (nSPS) is 13.9. The Hall–Kier alpha value is -4.63. The molecule has 0 aromatic heterocycles. The molecular weight excluding hydrogens is 611 g/mol. The lowest BCUT2D eigenvalue weighted by molar-refractivity contribution is -0.140. The third-order valence-corrected chi connectivity index (χ3v) is 10.5. The average molecular weight is 654 g/mol. The fourth-order valence-corrected chi connectivity index (χ4v) is 7.38. The topological polar surface area (TPSA) is 96.0 Å². The molecule has 0 spiro atoms. The maximum Gasteiger partial charge on any atom is 0.264 e. The highest BCUT2D eigenvalue weighted by atomic mass is 32.2. The van der Waals surface area contributed by atoms with Crippen LogP contribution in [0.25, 0.3) is 0 Å². The Labute approximate surface area is 278 Å². The molecule has 0 heterocycles. The SMILES string of the molecule is COc1cccc(CN(C(=O)CN(c2ccc(C)cc2)S(=O)(=O)c2ccc(C)cc2)[C@@H](Cc2ccccc2)C(=O)NC2CCCC2)c1. The minimum absolute atomic E-state index is 0.0421. The number of hydrogen-bond donors (Lipinski definition) is 1. The van der Waals surface area contributed by atoms with Crippen LogP contribution >= 0.6 is 0 Å². The zero-order valence-corrected chi connectivity index (χ0v) is 28.1. The van der Waals surface area contributed by atoms with Crippen LogP contribution in [0.3, 0.4) is 0 Å². The fourth-order valence-electron chi connectivity index (χ4n) is 5.97. The maximum atomic E-state index is 14.7. The molecule has 1 atom stereocenters. The molecule has 4 aromatic carbocycles. The number of ether oxygens (including phenoxy) is 1. The molecule has 0 radical (unpaired) electrons. The Kier molecular flexibility index (Phi) is 11.0. The lowest BCUT2D eigenvalue weighted by Gasteiger charge is -2.34. The second-order valence-corrected chi connectivity index (χ2v) is 14.1. The molecule has 1 aliphatic carbocycles. The van der Waals surface area contributed by atoms with Gasteiger partial charge in [-0.1, -0.05) is 90.7 Å². The van der Waals surface area contributed by atoms with Gasteiger partial charge in [0.2, 0.25) is 11.8 Å². The zero-order valence-electron chi connectivity index (χ0n) is 27.3. The van der Waals surface area contributed by atoms with Gasteiger partial charge in [-0.15, -0.1) is 0 Å². The molecule has 8 nitrogen and oxygen atoms in total. The summed E-state index contributed by atoms with van der Waals surface area (Å²) in [5.41, 5.74) is 3.89. The van der Waals surface area contributed by atoms with Crippen molar-refractivity contribution in [3.8, 4) is 5.75 Å². The molecule has 0 bridgehead atoms. The van der Waals surface area contributed by atoms with Gasteiger partial charge in [-0.3, -0.25) is 13.9 Å². The van der Waals surface area contributed by atoms with Crippen molar-refractivity contribution in [1.29, 1.82) is 0 Å². The Bertz CT molecular complexity index is 1750. The fraction of sp³-hybridized carbons (Fsp3) is 0.316. The van der Waals surface area contributed by atoms with Gasteiger partial charge in [-0.25, -0.2) is 8.42 Å². The van der Waals surface area contributed by atoms with E-state index in [2.05, 4.69) is 5.32 Å². The number of aryl methyl sites for hydroxylation is 2. The summed E-state index contributed by atoms with van der Waals surface area (Å²) >= 11 is 0. The van der Waals surface area contributed by atoms with Gasteiger partial charge in [-0.05, 0) is 74.2 Å². The van der Waals surface area contributed by atoms with Gasteiger partial charge in [0.15, 0.2) is 0 Å². The van der Waals surface area contributed by atoms with E-state index < -0.39 is 28.5 Å². The van der Waals surface area contributed by atoms with Gasteiger partial charge in [0.05, 0.1) is 17.7 Å². The molecule has 1 N–H and O–H groups in total. The number of carbonyl (C=O) groups excluding carboxylic acids is 2. The molecule has 1 fully saturated rings. The van der Waals surface area contributed by atoms with Gasteiger partial charge < -0.3 is 15.0 Å². The van der Waals surface area contributed by atoms with E-state index in [0.29, 0.717) is 11.4 Å². The minimum Gasteiger partial charge on any atom is -0.497 e. The number of methoxy groups -OCH3 is 1. The summed E-state index contributed by atoms with van der Waals surface area (Å²) in [6.45, 7) is 3.39. The molecule has 0 saturated heterocycles. The van der Waals surface area contributed by atoms with Gasteiger partial charge in [0.1, 0.15) is 18.3 Å². The van der Waals surface area contributed by atoms with E-state index in [9.17, 15) is 18.0 Å². The second-order valence-electron chi connectivity index (χ2n) is 12.2. The van der Waals surface area contributed by atoms with Crippen LogP contribution in [0, 0.1) is 13.8 Å². The predicted molar refractivity (Wildman–Crippen MR) is 185 cm³/mol. The number of anilines is 1. The first-order valence-corrected chi connectivity index (χ1v) is 17.5. The number of nitrogens with zero attached hydrogens (tertiary/aromatic N) is 2. The first-order valence-electron chi connectivity index (χ1n) is 16.1. The third kappa shape index (κ3) is 8.60. The molecule has 246 valence electrons. The lowest BCUT2D eigenvalue weighted by atomic mass is 10.0. The van der Waals surface area contributed by atoms with Crippen LogP contribution in [0.5, 0.6) is 5.75 Å². The number of amides is 2. The minimum atomic E-state index is -4.15. The van der Waals surface area contributed by atoms with Crippen LogP contribution < -0.4 is 14.4 Å². The monoisotopic (exact) mass is 653 g/mol. The molecule has 0 aliphatic heterocycles. The summed E-state index contributed by atoms with van der Waals surface area (Å²) in [6, 6.07) is 29.7. The third-order valence-electron chi connectivity index (χ3n) is 8.67. The van der Waals surface area contributed by atoms with Gasteiger partial charge in [0, 0.05) is 19.0 Å². The van der Waals surface area contributed by atoms with Gasteiger partial charge >= 0.3 is 0 Å². The highest BCUT2D eigenvalue weighted by Gasteiger charge is 2.35. The molecule has 9 heteroatoms. The van der Waals surface area contributed by atoms with Crippen LogP contribution in [-0.2, 0) is 32.6 Å². The van der Waals surface area contributed by atoms with Crippen LogP contribution in [0.15, 0.2) is 108 Å². The van der Waals surface area contributed by atoms with E-state index in [4.69, 9.17) is 4.74 Å². The summed E-state index contributed by atoms with van der Waals surface area (Å²) < 4.78 is 35.0. The zero-order chi connectivity index (χ0) is 33.4. The molecule has 2 amide bonds. The molecule has 5 rings (SSSR count). The van der Waals surface area contributed by atoms with Crippen molar-refractivity contribution in [1.82, 2.24) is 10.2 Å². The number of nitrogens with one attached hydrogen (secondary N) is 1. The Morgan fingerprint density at radius 3 is 2.09 bits per heavy atom. The van der Waals surface area contributed by atoms with Crippen molar-refractivity contribution in [3.63, 3.8) is 0 Å². The van der Waals surface area contributed by atoms with Crippen LogP contribution in [0.2, 0.25) is 0 Å². The van der Waals surface area contributed by atoms with Crippen LogP contribution in [0.1, 0.15) is 47.9 Å². The Morgan fingerprint density at radius 2 is 1.45 bits per heavy atom. The molecule has 0 unspecified atom stereocenters. The van der Waals surface area contributed by atoms with E-state index >= 15 is 0 Å². The lowest BCUT2D eigenvalue weighted by Crippen LogP contribution is -2.54. The summed E-state index contributed by atoms with van der Waals surface area (Å²) in [4.78, 5) is 30.4. The summed E-state index contributed by atoms with van der Waals surface area (Å²) in [5.74, 6) is -0.125. The van der Waals surface area contributed by atoms with E-state index in [1.807, 2.05) is 80.6 Å². The van der Waals surface area contributed by atoms with Gasteiger partial charge in [0.25, 0.3) is 10.0 Å². The van der Waals surface area contributed by atoms with Crippen molar-refractivity contribution < 1.29 is 22.7 Å². The summed E-state index contributed by atoms with van der Waals surface area (Å²) in [5, 5.41) is 3.21. The molecule has 47 heavy (non-hydrogen) atoms. The maximum absolute atomic E-state index is 14.7. The van der Waals surface area contributed by atoms with Crippen LogP contribution in [0.4, 0.5) is 5.69 Å². The smallest absolute Gasteiger partial charge is 0.264 e. The highest BCUT2D eigenvalue weighted by Crippen LogP contribution is 2.27. The quantitative estimate of drug-likeness (QED) is 0.185. The first kappa shape index (κ1) is 33.7. The molecular formula is C38H43N3O5S. The van der Waals surface area contributed by atoms with Crippen molar-refractivity contribution in [2.24, 2.45) is 0 Å². The Morgan fingerprint density at radius 1 is 0.830 bits per heavy atom. The van der Waals surface area contributed by atoms with E-state index in [0.717, 1.165) is 52.2 Å². The average Bonchev–Trinajstić information content (AvgIpc) is 3.59. The van der Waals surface area contributed by atoms with E-state index in [1.54, 1.807) is 43.5 Å². The molecule has 1 aliphatic rings. The largest absolute Gasteiger partial charge is 0.497 e. The summed E-state index contributed by atoms with van der Waals surface area (Å²) in [6.07, 6.45) is 4.14. The first-order chi connectivity index (χ1) is 22.6. The number of benzene rings is 4. The molecule has 4 aromatic rings. The van der Waals surface area contributed by atoms with Gasteiger partial charge in [-0.2, -0.15) is 0 Å². The number of carbonyl (C=O) groups is 2. The van der Waals surface area contributed by atoms with Crippen molar-refractivity contribution >= 4 is 27.5 Å². The van der Waals surface area contributed by atoms with Crippen molar-refractivity contribution in [3.05, 3.63) is 125 Å². The number of rotatable bonds is 13. The summed E-state index contributed by atoms with van der Waals surface area (Å²) in [7, 11) is -2.58.